The van der Waals surface area contributed by atoms with E-state index in [0.717, 1.165) is 57.8 Å². The number of phosphoric acid groups is 1. The lowest BCUT2D eigenvalue weighted by Gasteiger charge is -2.20. The molecule has 0 rings (SSSR count). The fourth-order valence-electron chi connectivity index (χ4n) is 7.51. The zero-order chi connectivity index (χ0) is 46.5. The summed E-state index contributed by atoms with van der Waals surface area (Å²) in [7, 11) is -4.29. The van der Waals surface area contributed by atoms with Crippen LogP contribution in [-0.4, -0.2) is 49.9 Å². The predicted octanol–water partition coefficient (Wildman–Crippen LogP) is 16.9. The van der Waals surface area contributed by atoms with Crippen LogP contribution in [0.3, 0.4) is 0 Å². The highest BCUT2D eigenvalue weighted by molar-refractivity contribution is 7.47. The highest BCUT2D eigenvalue weighted by Gasteiger charge is 2.25. The Labute approximate surface area is 395 Å². The van der Waals surface area contributed by atoms with Crippen molar-refractivity contribution in [2.24, 2.45) is 5.73 Å². The van der Waals surface area contributed by atoms with Gasteiger partial charge in [0.1, 0.15) is 6.10 Å². The third-order valence-corrected chi connectivity index (χ3v) is 12.4. The van der Waals surface area contributed by atoms with Gasteiger partial charge in [-0.15, -0.1) is 0 Å². The molecule has 0 aromatic carbocycles. The predicted molar refractivity (Wildman–Crippen MR) is 275 cm³/mol. The minimum atomic E-state index is -4.29. The number of carbonyl (C=O) groups is 1. The van der Waals surface area contributed by atoms with Crippen molar-refractivity contribution < 1.29 is 32.8 Å². The average molecular weight is 920 g/mol. The molecule has 0 aliphatic heterocycles. The molecule has 0 amide bonds. The SMILES string of the molecule is CC/C=C\C/C=C\C/C=C\C/C=C\CCCCCCCCCCCOCC(COP(=O)(O)OCCN)OC(=O)CCCCCCCCCCCCC/C=C\CCCCCCCCCC. The molecule has 3 N–H and O–H groups in total. The first-order valence-electron chi connectivity index (χ1n) is 26.8. The van der Waals surface area contributed by atoms with Gasteiger partial charge in [0.15, 0.2) is 0 Å². The lowest BCUT2D eigenvalue weighted by atomic mass is 10.0. The van der Waals surface area contributed by atoms with E-state index in [2.05, 4.69) is 74.6 Å². The minimum absolute atomic E-state index is 0.0976. The van der Waals surface area contributed by atoms with Gasteiger partial charge in [-0.3, -0.25) is 13.8 Å². The third-order valence-electron chi connectivity index (χ3n) is 11.4. The van der Waals surface area contributed by atoms with Crippen LogP contribution in [0.25, 0.3) is 0 Å². The first-order valence-corrected chi connectivity index (χ1v) is 28.3. The van der Waals surface area contributed by atoms with Crippen LogP contribution < -0.4 is 5.73 Å². The summed E-state index contributed by atoms with van der Waals surface area (Å²) in [6.45, 7) is 4.82. The number of carbonyl (C=O) groups excluding carboxylic acids is 1. The largest absolute Gasteiger partial charge is 0.472 e. The van der Waals surface area contributed by atoms with E-state index in [9.17, 15) is 14.3 Å². The van der Waals surface area contributed by atoms with Gasteiger partial charge >= 0.3 is 13.8 Å². The third kappa shape index (κ3) is 51.2. The number of hydrogen-bond acceptors (Lipinski definition) is 7. The first-order chi connectivity index (χ1) is 31.4. The molecular formula is C55H102NO7P. The maximum absolute atomic E-state index is 12.7. The summed E-state index contributed by atoms with van der Waals surface area (Å²) in [6.07, 6.45) is 65.4. The van der Waals surface area contributed by atoms with Crippen molar-refractivity contribution in [3.8, 4) is 0 Å². The molecule has 0 saturated carbocycles. The van der Waals surface area contributed by atoms with Crippen LogP contribution in [0.5, 0.6) is 0 Å². The molecule has 0 radical (unpaired) electrons. The fraction of sp³-hybridized carbons (Fsp3) is 0.800. The molecule has 374 valence electrons. The molecule has 64 heavy (non-hydrogen) atoms. The maximum atomic E-state index is 12.7. The number of allylic oxidation sites excluding steroid dienone is 10. The van der Waals surface area contributed by atoms with E-state index in [-0.39, 0.29) is 32.3 Å². The van der Waals surface area contributed by atoms with Gasteiger partial charge < -0.3 is 20.1 Å². The number of ether oxygens (including phenoxy) is 2. The molecule has 0 heterocycles. The van der Waals surface area contributed by atoms with Crippen molar-refractivity contribution in [1.82, 2.24) is 0 Å². The van der Waals surface area contributed by atoms with Gasteiger partial charge in [0, 0.05) is 19.6 Å². The highest BCUT2D eigenvalue weighted by atomic mass is 31.2. The van der Waals surface area contributed by atoms with Crippen LogP contribution in [0, 0.1) is 0 Å². The molecule has 2 atom stereocenters. The van der Waals surface area contributed by atoms with Crippen LogP contribution in [0.1, 0.15) is 245 Å². The molecule has 0 bridgehead atoms. The molecular weight excluding hydrogens is 818 g/mol. The van der Waals surface area contributed by atoms with E-state index in [0.29, 0.717) is 13.0 Å². The van der Waals surface area contributed by atoms with Crippen LogP contribution in [0.15, 0.2) is 60.8 Å². The second-order valence-corrected chi connectivity index (χ2v) is 19.2. The smallest absolute Gasteiger partial charge is 0.457 e. The lowest BCUT2D eigenvalue weighted by Crippen LogP contribution is -2.28. The van der Waals surface area contributed by atoms with Crippen LogP contribution in [0.4, 0.5) is 0 Å². The zero-order valence-corrected chi connectivity index (χ0v) is 42.7. The number of hydrogen-bond donors (Lipinski definition) is 2. The van der Waals surface area contributed by atoms with Crippen LogP contribution >= 0.6 is 7.82 Å². The highest BCUT2D eigenvalue weighted by Crippen LogP contribution is 2.43. The maximum Gasteiger partial charge on any atom is 0.472 e. The van der Waals surface area contributed by atoms with Gasteiger partial charge in [-0.05, 0) is 77.0 Å². The normalized spacial score (nSPS) is 13.8. The van der Waals surface area contributed by atoms with Gasteiger partial charge in [-0.2, -0.15) is 0 Å². The van der Waals surface area contributed by atoms with Gasteiger partial charge in [0.25, 0.3) is 0 Å². The van der Waals surface area contributed by atoms with Crippen molar-refractivity contribution >= 4 is 13.8 Å². The zero-order valence-electron chi connectivity index (χ0n) is 41.8. The molecule has 0 aromatic rings. The fourth-order valence-corrected chi connectivity index (χ4v) is 8.28. The first kappa shape index (κ1) is 62.2. The monoisotopic (exact) mass is 920 g/mol. The Morgan fingerprint density at radius 3 is 1.33 bits per heavy atom. The molecule has 2 unspecified atom stereocenters. The van der Waals surface area contributed by atoms with E-state index in [1.165, 1.54) is 167 Å². The van der Waals surface area contributed by atoms with E-state index in [4.69, 9.17) is 24.3 Å². The second kappa shape index (κ2) is 52.2. The van der Waals surface area contributed by atoms with Gasteiger partial charge in [-0.1, -0.05) is 222 Å². The van der Waals surface area contributed by atoms with E-state index in [1.54, 1.807) is 0 Å². The second-order valence-electron chi connectivity index (χ2n) is 17.7. The lowest BCUT2D eigenvalue weighted by molar-refractivity contribution is -0.154. The standard InChI is InChI=1S/C55H102NO7P/c1-3-5-7-9-11-13-15-17-19-21-23-25-27-28-30-32-34-36-38-40-42-44-46-48-55(57)63-54(53-62-64(58,59)61-51-49-56)52-60-50-47-45-43-41-39-37-35-33-31-29-26-24-22-20-18-16-14-12-10-8-6-4-2/h6,8,12,14,18,20-21,23-24,26,54H,3-5,7,9-11,13,15-17,19,22,25,27-53,56H2,1-2H3,(H,58,59)/b8-6-,14-12-,20-18-,23-21-,26-24-. The summed E-state index contributed by atoms with van der Waals surface area (Å²) in [6, 6.07) is 0. The Kier molecular flexibility index (Phi) is 50.7. The number of rotatable bonds is 51. The van der Waals surface area contributed by atoms with Gasteiger partial charge in [0.05, 0.1) is 19.8 Å². The minimum Gasteiger partial charge on any atom is -0.457 e. The summed E-state index contributed by atoms with van der Waals surface area (Å²) in [5.74, 6) is -0.332. The van der Waals surface area contributed by atoms with E-state index >= 15 is 0 Å². The average Bonchev–Trinajstić information content (AvgIpc) is 3.29. The molecule has 0 saturated heterocycles. The van der Waals surface area contributed by atoms with Gasteiger partial charge in [0.2, 0.25) is 0 Å². The molecule has 0 spiro atoms. The summed E-state index contributed by atoms with van der Waals surface area (Å²) in [5.41, 5.74) is 5.39. The Bertz CT molecular complexity index is 1170. The molecule has 8 nitrogen and oxygen atoms in total. The molecule has 9 heteroatoms. The molecule has 0 aliphatic carbocycles. The van der Waals surface area contributed by atoms with Crippen molar-refractivity contribution in [2.75, 3.05) is 33.0 Å². The van der Waals surface area contributed by atoms with Gasteiger partial charge in [-0.25, -0.2) is 4.57 Å². The van der Waals surface area contributed by atoms with E-state index in [1.807, 2.05) is 0 Å². The summed E-state index contributed by atoms with van der Waals surface area (Å²) in [4.78, 5) is 22.6. The van der Waals surface area contributed by atoms with Crippen LogP contribution in [0.2, 0.25) is 0 Å². The topological polar surface area (TPSA) is 117 Å². The van der Waals surface area contributed by atoms with Crippen molar-refractivity contribution in [3.05, 3.63) is 60.8 Å². The van der Waals surface area contributed by atoms with Crippen molar-refractivity contribution in [2.45, 2.75) is 251 Å². The molecule has 0 fully saturated rings. The number of phosphoric ester groups is 1. The van der Waals surface area contributed by atoms with Crippen molar-refractivity contribution in [1.29, 1.82) is 0 Å². The number of unbranched alkanes of at least 4 members (excludes halogenated alkanes) is 28. The Morgan fingerprint density at radius 1 is 0.484 bits per heavy atom. The Balaban J connectivity index is 3.93. The molecule has 0 aliphatic rings. The summed E-state index contributed by atoms with van der Waals surface area (Å²) in [5, 5.41) is 0. The quantitative estimate of drug-likeness (QED) is 0.0268. The number of esters is 1. The summed E-state index contributed by atoms with van der Waals surface area (Å²) >= 11 is 0. The Morgan fingerprint density at radius 2 is 0.875 bits per heavy atom. The van der Waals surface area contributed by atoms with E-state index < -0.39 is 13.9 Å². The van der Waals surface area contributed by atoms with Crippen LogP contribution in [-0.2, 0) is 27.9 Å². The number of nitrogens with two attached hydrogens (primary N) is 1. The Hall–Kier alpha value is -1.80. The van der Waals surface area contributed by atoms with Crippen molar-refractivity contribution in [3.63, 3.8) is 0 Å². The molecule has 0 aromatic heterocycles. The summed E-state index contributed by atoms with van der Waals surface area (Å²) < 4.78 is 33.6.